The lowest BCUT2D eigenvalue weighted by Crippen LogP contribution is -2.25. The normalized spacial score (nSPS) is 16.5. The van der Waals surface area contributed by atoms with Gasteiger partial charge in [-0.15, -0.1) is 10.2 Å². The molecule has 0 saturated carbocycles. The average Bonchev–Trinajstić information content (AvgIpc) is 2.96. The number of thiazole rings is 1. The van der Waals surface area contributed by atoms with Crippen LogP contribution in [0, 0.1) is 5.41 Å². The number of carbonyl (C=O) groups excluding carboxylic acids is 1. The Morgan fingerprint density at radius 3 is 2.76 bits per heavy atom. The molecule has 1 aromatic heterocycles. The standard InChI is InChI=1S/C19H17N3O2S/c1-19(2)9-13-17(15(24)10-19)25-18(20-13)22-21-16-12-6-4-3-5-11(12)7-8-14(16)23/h3-8,23H,9-10H2,1-2H3. The SMILES string of the molecule is CC1(C)CC(=O)c2sc(N=Nc3c(O)ccc4ccccc34)nc2C1. The Balaban J connectivity index is 1.73. The molecule has 0 unspecified atom stereocenters. The van der Waals surface area contributed by atoms with Gasteiger partial charge in [0.25, 0.3) is 0 Å². The smallest absolute Gasteiger partial charge is 0.230 e. The molecule has 0 radical (unpaired) electrons. The molecule has 1 N–H and O–H groups in total. The van der Waals surface area contributed by atoms with Gasteiger partial charge in [0.05, 0.1) is 10.6 Å². The van der Waals surface area contributed by atoms with Crippen LogP contribution in [-0.4, -0.2) is 15.9 Å². The number of ketones is 1. The second-order valence-corrected chi connectivity index (χ2v) is 8.05. The van der Waals surface area contributed by atoms with Gasteiger partial charge in [-0.1, -0.05) is 55.5 Å². The Bertz CT molecular complexity index is 1020. The van der Waals surface area contributed by atoms with Gasteiger partial charge >= 0.3 is 0 Å². The van der Waals surface area contributed by atoms with Crippen molar-refractivity contribution in [1.82, 2.24) is 4.98 Å². The van der Waals surface area contributed by atoms with Crippen molar-refractivity contribution in [3.8, 4) is 5.75 Å². The Hall–Kier alpha value is -2.60. The van der Waals surface area contributed by atoms with Crippen LogP contribution >= 0.6 is 11.3 Å². The highest BCUT2D eigenvalue weighted by Gasteiger charge is 2.33. The lowest BCUT2D eigenvalue weighted by Gasteiger charge is -2.26. The van der Waals surface area contributed by atoms with E-state index >= 15 is 0 Å². The van der Waals surface area contributed by atoms with E-state index in [1.807, 2.05) is 30.3 Å². The summed E-state index contributed by atoms with van der Waals surface area (Å²) in [5.41, 5.74) is 1.15. The molecule has 25 heavy (non-hydrogen) atoms. The van der Waals surface area contributed by atoms with Crippen LogP contribution in [-0.2, 0) is 6.42 Å². The number of nitrogens with zero attached hydrogens (tertiary/aromatic N) is 3. The molecule has 0 fully saturated rings. The number of hydrogen-bond acceptors (Lipinski definition) is 6. The van der Waals surface area contributed by atoms with Gasteiger partial charge in [0.15, 0.2) is 5.78 Å². The predicted molar refractivity (Wildman–Crippen MR) is 98.3 cm³/mol. The fourth-order valence-corrected chi connectivity index (χ4v) is 4.03. The quantitative estimate of drug-likeness (QED) is 0.613. The van der Waals surface area contributed by atoms with Gasteiger partial charge in [-0.3, -0.25) is 4.79 Å². The molecule has 0 bridgehead atoms. The highest BCUT2D eigenvalue weighted by Crippen LogP contribution is 2.40. The summed E-state index contributed by atoms with van der Waals surface area (Å²) >= 11 is 1.27. The van der Waals surface area contributed by atoms with Crippen molar-refractivity contribution in [3.05, 3.63) is 47.0 Å². The Morgan fingerprint density at radius 2 is 1.92 bits per heavy atom. The molecule has 0 atom stereocenters. The van der Waals surface area contributed by atoms with E-state index in [1.165, 1.54) is 11.3 Å². The summed E-state index contributed by atoms with van der Waals surface area (Å²) < 4.78 is 0. The number of phenols is 1. The van der Waals surface area contributed by atoms with Gasteiger partial charge in [0, 0.05) is 11.8 Å². The Morgan fingerprint density at radius 1 is 1.12 bits per heavy atom. The van der Waals surface area contributed by atoms with Gasteiger partial charge in [-0.2, -0.15) is 0 Å². The van der Waals surface area contributed by atoms with Crippen LogP contribution in [0.4, 0.5) is 10.8 Å². The number of carbonyl (C=O) groups is 1. The number of aromatic nitrogens is 1. The molecule has 0 amide bonds. The van der Waals surface area contributed by atoms with E-state index in [1.54, 1.807) is 6.07 Å². The van der Waals surface area contributed by atoms with E-state index in [0.29, 0.717) is 22.1 Å². The number of aromatic hydroxyl groups is 1. The van der Waals surface area contributed by atoms with Crippen LogP contribution in [0.1, 0.15) is 35.6 Å². The number of phenolic OH excluding ortho intramolecular Hbond substituents is 1. The summed E-state index contributed by atoms with van der Waals surface area (Å²) in [7, 11) is 0. The molecule has 5 nitrogen and oxygen atoms in total. The fourth-order valence-electron chi connectivity index (χ4n) is 3.19. The molecule has 1 aliphatic carbocycles. The van der Waals surface area contributed by atoms with Crippen LogP contribution < -0.4 is 0 Å². The van der Waals surface area contributed by atoms with E-state index in [-0.39, 0.29) is 16.9 Å². The molecule has 1 heterocycles. The van der Waals surface area contributed by atoms with Crippen molar-refractivity contribution in [2.45, 2.75) is 26.7 Å². The van der Waals surface area contributed by atoms with Crippen molar-refractivity contribution in [2.75, 3.05) is 0 Å². The van der Waals surface area contributed by atoms with Gasteiger partial charge in [0.1, 0.15) is 11.4 Å². The number of rotatable bonds is 2. The first-order valence-corrected chi connectivity index (χ1v) is 8.90. The number of fused-ring (bicyclic) bond motifs is 2. The van der Waals surface area contributed by atoms with Crippen LogP contribution in [0.15, 0.2) is 46.6 Å². The van der Waals surface area contributed by atoms with Gasteiger partial charge in [-0.25, -0.2) is 4.98 Å². The predicted octanol–water partition coefficient (Wildman–Crippen LogP) is 5.57. The molecular weight excluding hydrogens is 334 g/mol. The Kier molecular flexibility index (Phi) is 3.65. The largest absolute Gasteiger partial charge is 0.506 e. The first kappa shape index (κ1) is 15.9. The third kappa shape index (κ3) is 2.93. The van der Waals surface area contributed by atoms with Crippen molar-refractivity contribution >= 4 is 38.7 Å². The van der Waals surface area contributed by atoms with Crippen molar-refractivity contribution in [3.63, 3.8) is 0 Å². The minimum atomic E-state index is -0.0690. The summed E-state index contributed by atoms with van der Waals surface area (Å²) in [4.78, 5) is 17.4. The topological polar surface area (TPSA) is 74.9 Å². The monoisotopic (exact) mass is 351 g/mol. The van der Waals surface area contributed by atoms with Crippen molar-refractivity contribution < 1.29 is 9.90 Å². The number of azo groups is 1. The molecule has 1 aliphatic rings. The minimum absolute atomic E-state index is 0.0690. The minimum Gasteiger partial charge on any atom is -0.506 e. The molecule has 126 valence electrons. The lowest BCUT2D eigenvalue weighted by atomic mass is 9.78. The highest BCUT2D eigenvalue weighted by molar-refractivity contribution is 7.17. The van der Waals surface area contributed by atoms with Crippen LogP contribution in [0.2, 0.25) is 0 Å². The van der Waals surface area contributed by atoms with Crippen LogP contribution in [0.5, 0.6) is 5.75 Å². The van der Waals surface area contributed by atoms with E-state index in [4.69, 9.17) is 0 Å². The summed E-state index contributed by atoms with van der Waals surface area (Å²) in [6.07, 6.45) is 1.29. The highest BCUT2D eigenvalue weighted by atomic mass is 32.1. The maximum atomic E-state index is 12.3. The zero-order valence-corrected chi connectivity index (χ0v) is 14.8. The second kappa shape index (κ2) is 5.74. The van der Waals surface area contributed by atoms with E-state index in [0.717, 1.165) is 22.9 Å². The summed E-state index contributed by atoms with van der Waals surface area (Å²) in [6.45, 7) is 4.14. The first-order chi connectivity index (χ1) is 11.9. The van der Waals surface area contributed by atoms with Crippen molar-refractivity contribution in [1.29, 1.82) is 0 Å². The molecule has 2 aromatic carbocycles. The van der Waals surface area contributed by atoms with Gasteiger partial charge in [0.2, 0.25) is 5.13 Å². The molecule has 0 saturated heterocycles. The number of hydrogen-bond donors (Lipinski definition) is 1. The fraction of sp³-hybridized carbons (Fsp3) is 0.263. The lowest BCUT2D eigenvalue weighted by molar-refractivity contribution is 0.0916. The van der Waals surface area contributed by atoms with Gasteiger partial charge in [-0.05, 0) is 23.3 Å². The maximum Gasteiger partial charge on any atom is 0.230 e. The summed E-state index contributed by atoms with van der Waals surface area (Å²) in [5, 5.41) is 20.8. The Labute approximate surface area is 149 Å². The third-order valence-electron chi connectivity index (χ3n) is 4.34. The van der Waals surface area contributed by atoms with Crippen LogP contribution in [0.25, 0.3) is 10.8 Å². The third-order valence-corrected chi connectivity index (χ3v) is 5.36. The number of benzene rings is 2. The second-order valence-electron chi connectivity index (χ2n) is 7.07. The maximum absolute atomic E-state index is 12.3. The molecule has 0 spiro atoms. The molecule has 3 aromatic rings. The van der Waals surface area contributed by atoms with E-state index in [2.05, 4.69) is 29.1 Å². The average molecular weight is 351 g/mol. The molecule has 0 aliphatic heterocycles. The van der Waals surface area contributed by atoms with Crippen molar-refractivity contribution in [2.24, 2.45) is 15.6 Å². The van der Waals surface area contributed by atoms with Crippen LogP contribution in [0.3, 0.4) is 0 Å². The first-order valence-electron chi connectivity index (χ1n) is 8.08. The summed E-state index contributed by atoms with van der Waals surface area (Å²) in [6, 6.07) is 11.1. The van der Waals surface area contributed by atoms with E-state index in [9.17, 15) is 9.90 Å². The van der Waals surface area contributed by atoms with Gasteiger partial charge < -0.3 is 5.11 Å². The number of Topliss-reactive ketones (excluding diaryl/α,β-unsaturated/α-hetero) is 1. The zero-order valence-electron chi connectivity index (χ0n) is 14.0. The summed E-state index contributed by atoms with van der Waals surface area (Å²) in [5.74, 6) is 0.194. The molecular formula is C19H17N3O2S. The zero-order chi connectivity index (χ0) is 17.6. The van der Waals surface area contributed by atoms with E-state index < -0.39 is 0 Å². The molecule has 6 heteroatoms. The molecule has 4 rings (SSSR count).